The molecule has 2 heterocycles. The molecule has 0 spiro atoms. The third-order valence-corrected chi connectivity index (χ3v) is 6.23. The molecular weight excluding hydrogens is 352 g/mol. The van der Waals surface area contributed by atoms with Gasteiger partial charge in [0, 0.05) is 19.6 Å². The third kappa shape index (κ3) is 5.44. The molecular formula is C18H24N4OS2. The first kappa shape index (κ1) is 18.2. The summed E-state index contributed by atoms with van der Waals surface area (Å²) >= 11 is 2.98. The van der Waals surface area contributed by atoms with Crippen LogP contribution < -0.4 is 5.32 Å². The molecule has 5 nitrogen and oxygen atoms in total. The molecule has 1 N–H and O–H groups in total. The van der Waals surface area contributed by atoms with Crippen LogP contribution in [0.25, 0.3) is 0 Å². The average molecular weight is 377 g/mol. The first-order valence-electron chi connectivity index (χ1n) is 8.62. The van der Waals surface area contributed by atoms with E-state index in [1.54, 1.807) is 0 Å². The van der Waals surface area contributed by atoms with Gasteiger partial charge in [-0.1, -0.05) is 67.3 Å². The summed E-state index contributed by atoms with van der Waals surface area (Å²) in [6.07, 6.45) is 1.21. The molecule has 1 fully saturated rings. The highest BCUT2D eigenvalue weighted by Crippen LogP contribution is 2.27. The molecule has 1 aliphatic rings. The second-order valence-electron chi connectivity index (χ2n) is 6.75. The molecule has 2 atom stereocenters. The number of carbonyl (C=O) groups excluding carboxylic acids is 1. The van der Waals surface area contributed by atoms with Gasteiger partial charge in [-0.15, -0.1) is 10.2 Å². The molecule has 0 radical (unpaired) electrons. The Balaban J connectivity index is 1.46. The number of aromatic nitrogens is 2. The highest BCUT2D eigenvalue weighted by atomic mass is 32.2. The van der Waals surface area contributed by atoms with Crippen molar-refractivity contribution in [2.45, 2.75) is 31.2 Å². The van der Waals surface area contributed by atoms with Gasteiger partial charge in [0.15, 0.2) is 4.34 Å². The van der Waals surface area contributed by atoms with Crippen molar-refractivity contribution < 1.29 is 4.79 Å². The largest absolute Gasteiger partial charge is 0.356 e. The van der Waals surface area contributed by atoms with E-state index in [2.05, 4.69) is 41.5 Å². The average Bonchev–Trinajstić information content (AvgIpc) is 3.06. The van der Waals surface area contributed by atoms with Crippen LogP contribution in [0.1, 0.15) is 25.8 Å². The van der Waals surface area contributed by atoms with E-state index in [9.17, 15) is 4.79 Å². The van der Waals surface area contributed by atoms with E-state index in [1.165, 1.54) is 35.1 Å². The van der Waals surface area contributed by atoms with Crippen LogP contribution in [-0.2, 0) is 11.3 Å². The molecule has 0 aliphatic carbocycles. The van der Waals surface area contributed by atoms with Gasteiger partial charge in [0.1, 0.15) is 0 Å². The van der Waals surface area contributed by atoms with Crippen LogP contribution >= 0.6 is 23.1 Å². The predicted octanol–water partition coefficient (Wildman–Crippen LogP) is 3.75. The van der Waals surface area contributed by atoms with Gasteiger partial charge >= 0.3 is 0 Å². The van der Waals surface area contributed by atoms with Crippen LogP contribution in [0.2, 0.25) is 0 Å². The molecule has 1 saturated heterocycles. The van der Waals surface area contributed by atoms with Crippen LogP contribution in [0.15, 0.2) is 34.7 Å². The monoisotopic (exact) mass is 376 g/mol. The molecule has 134 valence electrons. The fourth-order valence-corrected chi connectivity index (χ4v) is 4.84. The Kier molecular flexibility index (Phi) is 6.31. The smallest absolute Gasteiger partial charge is 0.233 e. The Hall–Kier alpha value is -1.60. The Morgan fingerprint density at radius 2 is 1.96 bits per heavy atom. The van der Waals surface area contributed by atoms with Gasteiger partial charge in [0.2, 0.25) is 11.0 Å². The molecule has 7 heteroatoms. The molecule has 25 heavy (non-hydrogen) atoms. The zero-order valence-corrected chi connectivity index (χ0v) is 16.3. The van der Waals surface area contributed by atoms with Crippen LogP contribution in [0.5, 0.6) is 0 Å². The van der Waals surface area contributed by atoms with Crippen molar-refractivity contribution in [1.29, 1.82) is 0 Å². The van der Waals surface area contributed by atoms with Crippen molar-refractivity contribution in [2.24, 2.45) is 11.8 Å². The first-order chi connectivity index (χ1) is 12.1. The second-order valence-corrected chi connectivity index (χ2v) is 8.95. The van der Waals surface area contributed by atoms with Crippen molar-refractivity contribution in [1.82, 2.24) is 15.1 Å². The van der Waals surface area contributed by atoms with E-state index < -0.39 is 0 Å². The Labute approximate surface area is 157 Å². The van der Waals surface area contributed by atoms with E-state index >= 15 is 0 Å². The number of thioether (sulfide) groups is 1. The summed E-state index contributed by atoms with van der Waals surface area (Å²) < 4.78 is 0.835. The number of likely N-dealkylation sites (tertiary alicyclic amines) is 1. The maximum Gasteiger partial charge on any atom is 0.233 e. The van der Waals surface area contributed by atoms with Crippen molar-refractivity contribution in [3.05, 3.63) is 35.9 Å². The minimum atomic E-state index is 0.206. The van der Waals surface area contributed by atoms with Gasteiger partial charge in [0.05, 0.1) is 5.75 Å². The maximum absolute atomic E-state index is 12.4. The Morgan fingerprint density at radius 3 is 2.68 bits per heavy atom. The number of hydrogen-bond donors (Lipinski definition) is 1. The zero-order valence-electron chi connectivity index (χ0n) is 14.6. The van der Waals surface area contributed by atoms with Gasteiger partial charge in [-0.05, 0) is 23.8 Å². The molecule has 0 unspecified atom stereocenters. The molecule has 1 aromatic heterocycles. The van der Waals surface area contributed by atoms with Gasteiger partial charge < -0.3 is 10.2 Å². The van der Waals surface area contributed by atoms with Crippen molar-refractivity contribution >= 4 is 34.1 Å². The predicted molar refractivity (Wildman–Crippen MR) is 104 cm³/mol. The van der Waals surface area contributed by atoms with E-state index in [0.29, 0.717) is 17.6 Å². The molecule has 1 amide bonds. The second kappa shape index (κ2) is 8.67. The highest BCUT2D eigenvalue weighted by molar-refractivity contribution is 8.01. The molecule has 2 aromatic rings. The minimum absolute atomic E-state index is 0.206. The number of carbonyl (C=O) groups is 1. The van der Waals surface area contributed by atoms with E-state index in [4.69, 9.17) is 0 Å². The van der Waals surface area contributed by atoms with E-state index in [1.807, 2.05) is 23.1 Å². The number of nitrogens with one attached hydrogen (secondary N) is 1. The lowest BCUT2D eigenvalue weighted by atomic mass is 9.92. The summed E-state index contributed by atoms with van der Waals surface area (Å²) in [6, 6.07) is 10.2. The first-order valence-corrected chi connectivity index (χ1v) is 10.4. The van der Waals surface area contributed by atoms with Crippen molar-refractivity contribution in [3.63, 3.8) is 0 Å². The fourth-order valence-electron chi connectivity index (χ4n) is 3.19. The normalized spacial score (nSPS) is 20.5. The quantitative estimate of drug-likeness (QED) is 0.778. The zero-order chi connectivity index (χ0) is 17.6. The van der Waals surface area contributed by atoms with Crippen LogP contribution in [-0.4, -0.2) is 39.8 Å². The lowest BCUT2D eigenvalue weighted by Crippen LogP contribution is -2.43. The number of amides is 1. The molecule has 1 aromatic carbocycles. The van der Waals surface area contributed by atoms with Crippen molar-refractivity contribution in [2.75, 3.05) is 24.2 Å². The Bertz CT molecular complexity index is 681. The van der Waals surface area contributed by atoms with Gasteiger partial charge in [-0.3, -0.25) is 4.79 Å². The molecule has 0 saturated carbocycles. The molecule has 3 rings (SSSR count). The maximum atomic E-state index is 12.4. The lowest BCUT2D eigenvalue weighted by Gasteiger charge is -2.34. The van der Waals surface area contributed by atoms with E-state index in [-0.39, 0.29) is 5.91 Å². The molecule has 0 bridgehead atoms. The summed E-state index contributed by atoms with van der Waals surface area (Å²) in [4.78, 5) is 14.4. The van der Waals surface area contributed by atoms with Crippen LogP contribution in [0.3, 0.4) is 0 Å². The number of piperidine rings is 1. The number of benzene rings is 1. The SMILES string of the molecule is C[C@@H]1C[C@@H](C)CN(C(=O)CSc2nnc(NCc3ccccc3)s2)C1. The van der Waals surface area contributed by atoms with Crippen molar-refractivity contribution in [3.8, 4) is 0 Å². The number of rotatable bonds is 6. The number of anilines is 1. The van der Waals surface area contributed by atoms with Gasteiger partial charge in [0.25, 0.3) is 0 Å². The minimum Gasteiger partial charge on any atom is -0.356 e. The molecule has 1 aliphatic heterocycles. The summed E-state index contributed by atoms with van der Waals surface area (Å²) in [5.74, 6) is 1.82. The van der Waals surface area contributed by atoms with Crippen LogP contribution in [0.4, 0.5) is 5.13 Å². The topological polar surface area (TPSA) is 58.1 Å². The standard InChI is InChI=1S/C18H24N4OS2/c1-13-8-14(2)11-22(10-13)16(23)12-24-18-21-20-17(25-18)19-9-15-6-4-3-5-7-15/h3-7,13-14H,8-12H2,1-2H3,(H,19,20)/t13-,14-/m1/s1. The van der Waals surface area contributed by atoms with E-state index in [0.717, 1.165) is 29.1 Å². The summed E-state index contributed by atoms with van der Waals surface area (Å²) in [5, 5.41) is 12.4. The third-order valence-electron chi connectivity index (χ3n) is 4.23. The summed E-state index contributed by atoms with van der Waals surface area (Å²) in [6.45, 7) is 6.92. The fraction of sp³-hybridized carbons (Fsp3) is 0.500. The highest BCUT2D eigenvalue weighted by Gasteiger charge is 2.25. The Morgan fingerprint density at radius 1 is 1.24 bits per heavy atom. The number of nitrogens with zero attached hydrogens (tertiary/aromatic N) is 3. The van der Waals surface area contributed by atoms with Crippen LogP contribution in [0, 0.1) is 11.8 Å². The summed E-state index contributed by atoms with van der Waals surface area (Å²) in [5.41, 5.74) is 1.20. The van der Waals surface area contributed by atoms with Gasteiger partial charge in [-0.25, -0.2) is 0 Å². The summed E-state index contributed by atoms with van der Waals surface area (Å²) in [7, 11) is 0. The number of hydrogen-bond acceptors (Lipinski definition) is 6. The lowest BCUT2D eigenvalue weighted by molar-refractivity contribution is -0.130. The van der Waals surface area contributed by atoms with Gasteiger partial charge in [-0.2, -0.15) is 0 Å².